The maximum Gasteiger partial charge on any atom is 0.240 e. The average Bonchev–Trinajstić information content (AvgIpc) is 3.12. The van der Waals surface area contributed by atoms with Crippen LogP contribution in [0.15, 0.2) is 35.4 Å². The second kappa shape index (κ2) is 5.87. The zero-order valence-corrected chi connectivity index (χ0v) is 12.3. The number of aromatic nitrogens is 8. The van der Waals surface area contributed by atoms with Crippen molar-refractivity contribution in [2.45, 2.75) is 17.2 Å². The Bertz CT molecular complexity index is 721. The van der Waals surface area contributed by atoms with Gasteiger partial charge < -0.3 is 9.88 Å². The average molecular weight is 303 g/mol. The van der Waals surface area contributed by atoms with Crippen molar-refractivity contribution in [2.75, 3.05) is 11.9 Å². The smallest absolute Gasteiger partial charge is 0.240 e. The van der Waals surface area contributed by atoms with Gasteiger partial charge in [-0.15, -0.1) is 10.2 Å². The summed E-state index contributed by atoms with van der Waals surface area (Å²) >= 11 is 1.33. The predicted molar refractivity (Wildman–Crippen MR) is 76.2 cm³/mol. The molecule has 0 aliphatic heterocycles. The highest BCUT2D eigenvalue weighted by molar-refractivity contribution is 7.99. The first-order valence-electron chi connectivity index (χ1n) is 6.26. The van der Waals surface area contributed by atoms with Crippen LogP contribution in [0.5, 0.6) is 0 Å². The Labute approximate surface area is 124 Å². The molecule has 0 spiro atoms. The van der Waals surface area contributed by atoms with Crippen LogP contribution >= 0.6 is 11.8 Å². The van der Waals surface area contributed by atoms with Gasteiger partial charge in [0, 0.05) is 26.0 Å². The van der Waals surface area contributed by atoms with Crippen molar-refractivity contribution in [3.63, 3.8) is 0 Å². The van der Waals surface area contributed by atoms with Crippen molar-refractivity contribution in [3.05, 3.63) is 25.0 Å². The fourth-order valence-electron chi connectivity index (χ4n) is 1.57. The quantitative estimate of drug-likeness (QED) is 0.738. The van der Waals surface area contributed by atoms with E-state index in [1.54, 1.807) is 34.2 Å². The summed E-state index contributed by atoms with van der Waals surface area (Å²) in [4.78, 5) is 17.1. The summed E-state index contributed by atoms with van der Waals surface area (Å²) < 4.78 is 3.53. The minimum atomic E-state index is 0.503. The summed E-state index contributed by atoms with van der Waals surface area (Å²) in [7, 11) is 1.87. The second-order valence-corrected chi connectivity index (χ2v) is 5.00. The zero-order chi connectivity index (χ0) is 14.7. The van der Waals surface area contributed by atoms with Crippen LogP contribution in [-0.4, -0.2) is 45.8 Å². The summed E-state index contributed by atoms with van der Waals surface area (Å²) in [5, 5.41) is 12.2. The monoisotopic (exact) mass is 303 g/mol. The van der Waals surface area contributed by atoms with Crippen molar-refractivity contribution in [1.82, 2.24) is 39.3 Å². The molecule has 10 heteroatoms. The highest BCUT2D eigenvalue weighted by Gasteiger charge is 2.11. The fourth-order valence-corrected chi connectivity index (χ4v) is 2.27. The molecule has 3 rings (SSSR count). The van der Waals surface area contributed by atoms with E-state index >= 15 is 0 Å². The molecule has 3 aromatic heterocycles. The fraction of sp³-hybridized carbons (Fsp3) is 0.273. The Hall–Kier alpha value is -2.49. The molecule has 0 atom stereocenters. The number of anilines is 1. The molecule has 3 aromatic rings. The van der Waals surface area contributed by atoms with Gasteiger partial charge in [-0.2, -0.15) is 15.0 Å². The largest absolute Gasteiger partial charge is 0.354 e. The predicted octanol–water partition coefficient (Wildman–Crippen LogP) is 0.769. The molecular weight excluding hydrogens is 290 g/mol. The highest BCUT2D eigenvalue weighted by atomic mass is 32.2. The first-order valence-corrected chi connectivity index (χ1v) is 7.08. The van der Waals surface area contributed by atoms with E-state index in [9.17, 15) is 0 Å². The Morgan fingerprint density at radius 3 is 2.81 bits per heavy atom. The van der Waals surface area contributed by atoms with E-state index in [1.807, 2.05) is 14.0 Å². The number of rotatable bonds is 5. The maximum absolute atomic E-state index is 4.42. The van der Waals surface area contributed by atoms with Gasteiger partial charge in [-0.25, -0.2) is 4.98 Å². The summed E-state index contributed by atoms with van der Waals surface area (Å²) in [6.45, 7) is 2.71. The second-order valence-electron chi connectivity index (χ2n) is 4.07. The maximum atomic E-state index is 4.42. The molecule has 0 bridgehead atoms. The topological polar surface area (TPSA) is 99.2 Å². The number of hydrogen-bond acceptors (Lipinski definition) is 8. The third kappa shape index (κ3) is 2.99. The van der Waals surface area contributed by atoms with E-state index in [4.69, 9.17) is 0 Å². The molecule has 0 unspecified atom stereocenters. The molecule has 0 aliphatic rings. The van der Waals surface area contributed by atoms with Crippen LogP contribution in [0, 0.1) is 0 Å². The molecule has 1 N–H and O–H groups in total. The lowest BCUT2D eigenvalue weighted by Crippen LogP contribution is -2.09. The van der Waals surface area contributed by atoms with Crippen LogP contribution in [0.1, 0.15) is 6.92 Å². The third-order valence-corrected chi connectivity index (χ3v) is 3.44. The molecular formula is C11H13N9S. The van der Waals surface area contributed by atoms with Crippen LogP contribution in [0.2, 0.25) is 0 Å². The molecule has 21 heavy (non-hydrogen) atoms. The molecule has 0 aromatic carbocycles. The SMILES string of the molecule is CCNc1nc(Sc2nncn2C)nc(-n2ccnc2)n1. The lowest BCUT2D eigenvalue weighted by Gasteiger charge is -2.07. The number of nitrogens with zero attached hydrogens (tertiary/aromatic N) is 8. The standard InChI is InChI=1S/C11H13N9S/c1-3-13-8-15-9(20-5-4-12-6-20)17-10(16-8)21-11-18-14-7-19(11)2/h4-7H,3H2,1-2H3,(H,13,15,16,17). The highest BCUT2D eigenvalue weighted by Crippen LogP contribution is 2.23. The molecule has 0 fully saturated rings. The lowest BCUT2D eigenvalue weighted by molar-refractivity contribution is 0.776. The van der Waals surface area contributed by atoms with Crippen LogP contribution in [0.4, 0.5) is 5.95 Å². The Morgan fingerprint density at radius 2 is 2.14 bits per heavy atom. The molecule has 0 radical (unpaired) electrons. The van der Waals surface area contributed by atoms with Gasteiger partial charge in [0.25, 0.3) is 0 Å². The zero-order valence-electron chi connectivity index (χ0n) is 11.5. The van der Waals surface area contributed by atoms with E-state index in [2.05, 4.69) is 35.5 Å². The van der Waals surface area contributed by atoms with E-state index in [-0.39, 0.29) is 0 Å². The summed E-state index contributed by atoms with van der Waals surface area (Å²) in [6.07, 6.45) is 6.72. The summed E-state index contributed by atoms with van der Waals surface area (Å²) in [5.41, 5.74) is 0. The van der Waals surface area contributed by atoms with E-state index in [0.29, 0.717) is 22.2 Å². The van der Waals surface area contributed by atoms with Gasteiger partial charge in [-0.3, -0.25) is 4.57 Å². The Balaban J connectivity index is 1.97. The van der Waals surface area contributed by atoms with Gasteiger partial charge in [0.05, 0.1) is 0 Å². The van der Waals surface area contributed by atoms with Gasteiger partial charge in [0.1, 0.15) is 12.7 Å². The van der Waals surface area contributed by atoms with Crippen LogP contribution in [0.3, 0.4) is 0 Å². The van der Waals surface area contributed by atoms with E-state index in [1.165, 1.54) is 11.8 Å². The Morgan fingerprint density at radius 1 is 1.24 bits per heavy atom. The first kappa shape index (κ1) is 13.5. The van der Waals surface area contributed by atoms with Crippen LogP contribution in [-0.2, 0) is 7.05 Å². The molecule has 0 aliphatic carbocycles. The van der Waals surface area contributed by atoms with Crippen molar-refractivity contribution in [2.24, 2.45) is 7.05 Å². The number of hydrogen-bond donors (Lipinski definition) is 1. The van der Waals surface area contributed by atoms with Crippen molar-refractivity contribution in [3.8, 4) is 5.95 Å². The van der Waals surface area contributed by atoms with Crippen molar-refractivity contribution >= 4 is 17.7 Å². The van der Waals surface area contributed by atoms with Crippen molar-refractivity contribution < 1.29 is 0 Å². The molecule has 9 nitrogen and oxygen atoms in total. The third-order valence-electron chi connectivity index (χ3n) is 2.53. The molecule has 0 saturated heterocycles. The van der Waals surface area contributed by atoms with Crippen LogP contribution < -0.4 is 5.32 Å². The Kier molecular flexibility index (Phi) is 3.77. The van der Waals surface area contributed by atoms with Crippen LogP contribution in [0.25, 0.3) is 5.95 Å². The first-order chi connectivity index (χ1) is 10.3. The van der Waals surface area contributed by atoms with Gasteiger partial charge in [0.2, 0.25) is 17.1 Å². The molecule has 3 heterocycles. The van der Waals surface area contributed by atoms with Gasteiger partial charge in [-0.1, -0.05) is 0 Å². The minimum absolute atomic E-state index is 0.503. The van der Waals surface area contributed by atoms with Gasteiger partial charge in [0.15, 0.2) is 5.16 Å². The number of aryl methyl sites for hydroxylation is 1. The minimum Gasteiger partial charge on any atom is -0.354 e. The number of imidazole rings is 1. The van der Waals surface area contributed by atoms with Gasteiger partial charge >= 0.3 is 0 Å². The summed E-state index contributed by atoms with van der Waals surface area (Å²) in [6, 6.07) is 0. The number of nitrogens with one attached hydrogen (secondary N) is 1. The summed E-state index contributed by atoms with van der Waals surface area (Å²) in [5.74, 6) is 1.02. The van der Waals surface area contributed by atoms with E-state index in [0.717, 1.165) is 6.54 Å². The normalized spacial score (nSPS) is 10.8. The molecule has 0 amide bonds. The van der Waals surface area contributed by atoms with E-state index < -0.39 is 0 Å². The molecule has 108 valence electrons. The molecule has 0 saturated carbocycles. The van der Waals surface area contributed by atoms with Gasteiger partial charge in [-0.05, 0) is 18.7 Å². The lowest BCUT2D eigenvalue weighted by atomic mass is 10.7. The van der Waals surface area contributed by atoms with Crippen molar-refractivity contribution in [1.29, 1.82) is 0 Å².